The Morgan fingerprint density at radius 2 is 1.89 bits per heavy atom. The van der Waals surface area contributed by atoms with E-state index in [9.17, 15) is 13.2 Å². The predicted octanol–water partition coefficient (Wildman–Crippen LogP) is 4.10. The van der Waals surface area contributed by atoms with Crippen LogP contribution in [0.2, 0.25) is 0 Å². The molecule has 154 valence electrons. The number of amides is 1. The minimum atomic E-state index is -3.84. The van der Waals surface area contributed by atoms with Crippen molar-refractivity contribution in [3.05, 3.63) is 41.7 Å². The summed E-state index contributed by atoms with van der Waals surface area (Å²) in [6.07, 6.45) is 2.03. The predicted molar refractivity (Wildman–Crippen MR) is 108 cm³/mol. The molecule has 1 aromatic heterocycles. The Hall–Kier alpha value is -2.32. The number of carbonyl (C=O) groups is 1. The molecule has 0 fully saturated rings. The third kappa shape index (κ3) is 6.10. The molecular formula is C20H28N2O5S. The van der Waals surface area contributed by atoms with E-state index in [1.165, 1.54) is 12.1 Å². The highest BCUT2D eigenvalue weighted by Gasteiger charge is 2.26. The van der Waals surface area contributed by atoms with Gasteiger partial charge in [0, 0.05) is 11.2 Å². The molecule has 1 aromatic carbocycles. The second-order valence-electron chi connectivity index (χ2n) is 7.61. The molecule has 0 aliphatic carbocycles. The van der Waals surface area contributed by atoms with Crippen molar-refractivity contribution in [2.45, 2.75) is 58.1 Å². The lowest BCUT2D eigenvalue weighted by atomic mass is 10.1. The molecule has 0 spiro atoms. The molecule has 0 unspecified atom stereocenters. The number of ether oxygens (including phenoxy) is 1. The number of rotatable bonds is 8. The van der Waals surface area contributed by atoms with E-state index in [0.717, 1.165) is 24.2 Å². The molecule has 8 heteroatoms. The average Bonchev–Trinajstić information content (AvgIpc) is 3.06. The summed E-state index contributed by atoms with van der Waals surface area (Å²) in [6, 6.07) is 7.97. The molecule has 0 saturated heterocycles. The zero-order valence-electron chi connectivity index (χ0n) is 17.0. The summed E-state index contributed by atoms with van der Waals surface area (Å²) >= 11 is 0. The van der Waals surface area contributed by atoms with Crippen LogP contribution in [0.15, 0.2) is 39.8 Å². The van der Waals surface area contributed by atoms with Crippen LogP contribution >= 0.6 is 0 Å². The van der Waals surface area contributed by atoms with Gasteiger partial charge in [-0.3, -0.25) is 4.79 Å². The first-order valence-corrected chi connectivity index (χ1v) is 10.7. The number of hydrogen-bond donors (Lipinski definition) is 2. The second kappa shape index (κ2) is 8.79. The van der Waals surface area contributed by atoms with Gasteiger partial charge in [-0.05, 0) is 70.0 Å². The molecule has 0 aliphatic rings. The molecule has 1 amide bonds. The fourth-order valence-corrected chi connectivity index (χ4v) is 3.78. The molecular weight excluding hydrogens is 380 g/mol. The van der Waals surface area contributed by atoms with Gasteiger partial charge in [0.15, 0.2) is 5.76 Å². The fraction of sp³-hybridized carbons (Fsp3) is 0.450. The first-order chi connectivity index (χ1) is 13.0. The van der Waals surface area contributed by atoms with Gasteiger partial charge in [-0.2, -0.15) is 0 Å². The molecule has 1 heterocycles. The van der Waals surface area contributed by atoms with E-state index < -0.39 is 21.5 Å². The quantitative estimate of drug-likeness (QED) is 0.641. The summed E-state index contributed by atoms with van der Waals surface area (Å²) in [5.41, 5.74) is 0.768. The maximum absolute atomic E-state index is 12.4. The molecule has 0 saturated carbocycles. The third-order valence-electron chi connectivity index (χ3n) is 3.72. The Labute approximate surface area is 166 Å². The normalized spacial score (nSPS) is 12.0. The SMILES string of the molecule is CCCCOc1ccc(NC(=O)c2ccc(S(=O)(=O)NC(C)(C)C)o2)c(C)c1. The van der Waals surface area contributed by atoms with E-state index in [1.54, 1.807) is 32.9 Å². The van der Waals surface area contributed by atoms with Gasteiger partial charge in [-0.25, -0.2) is 13.1 Å². The van der Waals surface area contributed by atoms with Crippen LogP contribution in [0.25, 0.3) is 0 Å². The van der Waals surface area contributed by atoms with Crippen LogP contribution < -0.4 is 14.8 Å². The van der Waals surface area contributed by atoms with Crippen molar-refractivity contribution in [2.75, 3.05) is 11.9 Å². The number of nitrogens with one attached hydrogen (secondary N) is 2. The highest BCUT2D eigenvalue weighted by Crippen LogP contribution is 2.23. The van der Waals surface area contributed by atoms with Gasteiger partial charge in [0.2, 0.25) is 5.09 Å². The minimum absolute atomic E-state index is 0.0862. The van der Waals surface area contributed by atoms with E-state index in [-0.39, 0.29) is 10.9 Å². The van der Waals surface area contributed by atoms with E-state index >= 15 is 0 Å². The number of hydrogen-bond acceptors (Lipinski definition) is 5. The number of sulfonamides is 1. The van der Waals surface area contributed by atoms with Gasteiger partial charge < -0.3 is 14.5 Å². The van der Waals surface area contributed by atoms with E-state index in [2.05, 4.69) is 17.0 Å². The first kappa shape index (κ1) is 22.0. The van der Waals surface area contributed by atoms with Crippen molar-refractivity contribution in [3.8, 4) is 5.75 Å². The van der Waals surface area contributed by atoms with Crippen molar-refractivity contribution in [1.82, 2.24) is 4.72 Å². The number of unbranched alkanes of at least 4 members (excludes halogenated alkanes) is 1. The lowest BCUT2D eigenvalue weighted by Gasteiger charge is -2.18. The van der Waals surface area contributed by atoms with Gasteiger partial charge in [-0.1, -0.05) is 13.3 Å². The van der Waals surface area contributed by atoms with Crippen LogP contribution in [0, 0.1) is 6.92 Å². The summed E-state index contributed by atoms with van der Waals surface area (Å²) < 4.78 is 38.0. The topological polar surface area (TPSA) is 97.6 Å². The Morgan fingerprint density at radius 1 is 1.18 bits per heavy atom. The van der Waals surface area contributed by atoms with Gasteiger partial charge in [0.05, 0.1) is 6.61 Å². The lowest BCUT2D eigenvalue weighted by molar-refractivity contribution is 0.0991. The molecule has 0 atom stereocenters. The van der Waals surface area contributed by atoms with E-state index in [4.69, 9.17) is 9.15 Å². The van der Waals surface area contributed by atoms with Crippen molar-refractivity contribution >= 4 is 21.6 Å². The van der Waals surface area contributed by atoms with E-state index in [1.807, 2.05) is 13.0 Å². The van der Waals surface area contributed by atoms with Gasteiger partial charge in [0.1, 0.15) is 5.75 Å². The van der Waals surface area contributed by atoms with Crippen molar-refractivity contribution in [1.29, 1.82) is 0 Å². The van der Waals surface area contributed by atoms with Crippen molar-refractivity contribution in [3.63, 3.8) is 0 Å². The average molecular weight is 409 g/mol. The van der Waals surface area contributed by atoms with Gasteiger partial charge >= 0.3 is 0 Å². The number of benzene rings is 1. The largest absolute Gasteiger partial charge is 0.494 e. The summed E-state index contributed by atoms with van der Waals surface area (Å²) in [4.78, 5) is 12.4. The smallest absolute Gasteiger partial charge is 0.291 e. The van der Waals surface area contributed by atoms with E-state index in [0.29, 0.717) is 12.3 Å². The molecule has 2 N–H and O–H groups in total. The Bertz CT molecular complexity index is 926. The summed E-state index contributed by atoms with van der Waals surface area (Å²) in [7, 11) is -3.84. The van der Waals surface area contributed by atoms with Crippen LogP contribution in [0.5, 0.6) is 5.75 Å². The zero-order valence-corrected chi connectivity index (χ0v) is 17.8. The van der Waals surface area contributed by atoms with Crippen LogP contribution in [-0.4, -0.2) is 26.5 Å². The van der Waals surface area contributed by atoms with Crippen LogP contribution in [0.4, 0.5) is 5.69 Å². The molecule has 2 rings (SSSR count). The molecule has 0 radical (unpaired) electrons. The molecule has 0 aliphatic heterocycles. The number of carbonyl (C=O) groups excluding carboxylic acids is 1. The summed E-state index contributed by atoms with van der Waals surface area (Å²) in [5.74, 6) is 0.125. The standard InChI is InChI=1S/C20H28N2O5S/c1-6-7-12-26-15-8-9-16(14(2)13-15)21-19(23)17-10-11-18(27-17)28(24,25)22-20(3,4)5/h8-11,13,22H,6-7,12H2,1-5H3,(H,21,23). The molecule has 28 heavy (non-hydrogen) atoms. The molecule has 0 bridgehead atoms. The maximum atomic E-state index is 12.4. The van der Waals surface area contributed by atoms with Crippen LogP contribution in [0.1, 0.15) is 56.7 Å². The first-order valence-electron chi connectivity index (χ1n) is 9.20. The van der Waals surface area contributed by atoms with Crippen molar-refractivity contribution < 1.29 is 22.4 Å². The molecule has 7 nitrogen and oxygen atoms in total. The Kier molecular flexibility index (Phi) is 6.90. The van der Waals surface area contributed by atoms with Crippen molar-refractivity contribution in [2.24, 2.45) is 0 Å². The summed E-state index contributed by atoms with van der Waals surface area (Å²) in [6.45, 7) is 9.76. The van der Waals surface area contributed by atoms with Crippen LogP contribution in [0.3, 0.4) is 0 Å². The highest BCUT2D eigenvalue weighted by molar-refractivity contribution is 7.89. The highest BCUT2D eigenvalue weighted by atomic mass is 32.2. The Morgan fingerprint density at radius 3 is 2.50 bits per heavy atom. The third-order valence-corrected chi connectivity index (χ3v) is 5.35. The Balaban J connectivity index is 2.09. The lowest BCUT2D eigenvalue weighted by Crippen LogP contribution is -2.40. The van der Waals surface area contributed by atoms with Gasteiger partial charge in [0.25, 0.3) is 15.9 Å². The number of aryl methyl sites for hydroxylation is 1. The van der Waals surface area contributed by atoms with Crippen LogP contribution in [-0.2, 0) is 10.0 Å². The maximum Gasteiger partial charge on any atom is 0.291 e. The van der Waals surface area contributed by atoms with Gasteiger partial charge in [-0.15, -0.1) is 0 Å². The number of furan rings is 1. The second-order valence-corrected chi connectivity index (χ2v) is 9.22. The summed E-state index contributed by atoms with van der Waals surface area (Å²) in [5, 5.41) is 2.43. The fourth-order valence-electron chi connectivity index (χ4n) is 2.42. The minimum Gasteiger partial charge on any atom is -0.494 e. The molecule has 2 aromatic rings. The zero-order chi connectivity index (χ0) is 20.9. The monoisotopic (exact) mass is 408 g/mol. The number of anilines is 1.